The van der Waals surface area contributed by atoms with E-state index in [1.165, 1.54) is 17.7 Å². The van der Waals surface area contributed by atoms with E-state index in [-0.39, 0.29) is 0 Å². The zero-order chi connectivity index (χ0) is 19.0. The van der Waals surface area contributed by atoms with Crippen LogP contribution in [0.2, 0.25) is 10.0 Å². The van der Waals surface area contributed by atoms with Gasteiger partial charge in [-0.1, -0.05) is 29.3 Å². The normalized spacial score (nSPS) is 12.3. The number of benzene rings is 1. The summed E-state index contributed by atoms with van der Waals surface area (Å²) in [7, 11) is 0. The number of aliphatic hydroxyl groups excluding tert-OH is 1. The summed E-state index contributed by atoms with van der Waals surface area (Å²) in [5.41, 5.74) is 1.99. The molecule has 3 heterocycles. The van der Waals surface area contributed by atoms with Crippen LogP contribution in [0.1, 0.15) is 18.7 Å². The van der Waals surface area contributed by atoms with E-state index in [1.807, 2.05) is 6.07 Å². The summed E-state index contributed by atoms with van der Waals surface area (Å²) < 4.78 is 0.848. The smallest absolute Gasteiger partial charge is 0.151 e. The quantitative estimate of drug-likeness (QED) is 0.471. The molecule has 3 aromatic heterocycles. The molecule has 0 aliphatic carbocycles. The van der Waals surface area contributed by atoms with Gasteiger partial charge in [-0.25, -0.2) is 19.9 Å². The highest BCUT2D eigenvalue weighted by molar-refractivity contribution is 7.22. The third-order valence-corrected chi connectivity index (χ3v) is 5.57. The largest absolute Gasteiger partial charge is 0.387 e. The molecule has 0 saturated heterocycles. The van der Waals surface area contributed by atoms with Crippen LogP contribution in [0.15, 0.2) is 42.9 Å². The number of hydrogen-bond donors (Lipinski definition) is 2. The first kappa shape index (κ1) is 18.1. The molecule has 4 aromatic rings. The van der Waals surface area contributed by atoms with Crippen LogP contribution in [0.3, 0.4) is 0 Å². The number of nitrogens with zero attached hydrogens (tertiary/aromatic N) is 4. The Hall–Kier alpha value is -2.32. The Labute approximate surface area is 168 Å². The number of halogens is 2. The van der Waals surface area contributed by atoms with E-state index in [9.17, 15) is 5.11 Å². The summed E-state index contributed by atoms with van der Waals surface area (Å²) in [5.74, 6) is 1.14. The number of thiazole rings is 1. The Balaban J connectivity index is 1.77. The molecular weight excluding hydrogens is 405 g/mol. The molecule has 0 aliphatic rings. The van der Waals surface area contributed by atoms with Gasteiger partial charge in [0.25, 0.3) is 0 Å². The van der Waals surface area contributed by atoms with E-state index in [1.54, 1.807) is 37.4 Å². The van der Waals surface area contributed by atoms with Crippen LogP contribution in [0, 0.1) is 0 Å². The lowest BCUT2D eigenvalue weighted by molar-refractivity contribution is 0.194. The molecule has 1 unspecified atom stereocenters. The topological polar surface area (TPSA) is 83.8 Å². The lowest BCUT2D eigenvalue weighted by Gasteiger charge is -2.08. The van der Waals surface area contributed by atoms with E-state index in [2.05, 4.69) is 25.3 Å². The molecule has 0 aliphatic heterocycles. The molecule has 0 saturated carbocycles. The van der Waals surface area contributed by atoms with Gasteiger partial charge in [-0.15, -0.1) is 11.3 Å². The minimum atomic E-state index is -0.685. The van der Waals surface area contributed by atoms with Crippen molar-refractivity contribution in [1.29, 1.82) is 0 Å². The molecule has 2 N–H and O–H groups in total. The second-order valence-corrected chi connectivity index (χ2v) is 7.57. The average Bonchev–Trinajstić information content (AvgIpc) is 3.06. The van der Waals surface area contributed by atoms with Crippen molar-refractivity contribution in [1.82, 2.24) is 19.9 Å². The number of anilines is 2. The molecule has 1 atom stereocenters. The lowest BCUT2D eigenvalue weighted by Crippen LogP contribution is -2.01. The average molecular weight is 418 g/mol. The fraction of sp³-hybridized carbons (Fsp3) is 0.111. The van der Waals surface area contributed by atoms with E-state index in [0.29, 0.717) is 37.9 Å². The van der Waals surface area contributed by atoms with E-state index < -0.39 is 6.10 Å². The van der Waals surface area contributed by atoms with Crippen molar-refractivity contribution in [2.24, 2.45) is 0 Å². The Morgan fingerprint density at radius 2 is 1.89 bits per heavy atom. The monoisotopic (exact) mass is 417 g/mol. The zero-order valence-corrected chi connectivity index (χ0v) is 16.3. The van der Waals surface area contributed by atoms with Crippen LogP contribution in [-0.2, 0) is 0 Å². The van der Waals surface area contributed by atoms with Gasteiger partial charge in [0.05, 0.1) is 32.1 Å². The number of aliphatic hydroxyl groups is 1. The van der Waals surface area contributed by atoms with Crippen LogP contribution in [0.25, 0.3) is 20.8 Å². The molecule has 1 aromatic carbocycles. The standard InChI is InChI=1S/C18H13Cl2N5OS/c1-9(26)13-7-14(23-8-22-13)25-17-16-12(5-6-21-17)24-18(27-16)15-10(19)3-2-4-11(15)20/h2-9,26H,1H3,(H,21,22,23,25). The summed E-state index contributed by atoms with van der Waals surface area (Å²) in [6, 6.07) is 8.87. The van der Waals surface area contributed by atoms with E-state index >= 15 is 0 Å². The van der Waals surface area contributed by atoms with Crippen molar-refractivity contribution in [3.63, 3.8) is 0 Å². The van der Waals surface area contributed by atoms with Gasteiger partial charge in [0.2, 0.25) is 0 Å². The van der Waals surface area contributed by atoms with Crippen LogP contribution in [-0.4, -0.2) is 25.0 Å². The maximum atomic E-state index is 9.70. The van der Waals surface area contributed by atoms with Crippen molar-refractivity contribution in [2.75, 3.05) is 5.32 Å². The van der Waals surface area contributed by atoms with Crippen LogP contribution < -0.4 is 5.32 Å². The molecule has 4 rings (SSSR count). The first-order valence-electron chi connectivity index (χ1n) is 8.00. The summed E-state index contributed by atoms with van der Waals surface area (Å²) >= 11 is 14.1. The molecular formula is C18H13Cl2N5OS. The highest BCUT2D eigenvalue weighted by Crippen LogP contribution is 2.40. The molecule has 6 nitrogen and oxygen atoms in total. The van der Waals surface area contributed by atoms with Gasteiger partial charge in [-0.05, 0) is 25.1 Å². The maximum Gasteiger partial charge on any atom is 0.151 e. The fourth-order valence-corrected chi connectivity index (χ4v) is 4.31. The second kappa shape index (κ2) is 7.36. The molecule has 136 valence electrons. The van der Waals surface area contributed by atoms with Gasteiger partial charge in [0.15, 0.2) is 5.82 Å². The SMILES string of the molecule is CC(O)c1cc(Nc2nccc3nc(-c4c(Cl)cccc4Cl)sc23)ncn1. The number of fused-ring (bicyclic) bond motifs is 1. The number of rotatable bonds is 4. The van der Waals surface area contributed by atoms with Crippen molar-refractivity contribution < 1.29 is 5.11 Å². The van der Waals surface area contributed by atoms with E-state index in [4.69, 9.17) is 23.2 Å². The van der Waals surface area contributed by atoms with Gasteiger partial charge in [-0.2, -0.15) is 0 Å². The summed E-state index contributed by atoms with van der Waals surface area (Å²) in [6.07, 6.45) is 2.38. The second-order valence-electron chi connectivity index (χ2n) is 5.75. The van der Waals surface area contributed by atoms with Crippen molar-refractivity contribution >= 4 is 56.4 Å². The van der Waals surface area contributed by atoms with Crippen molar-refractivity contribution in [3.8, 4) is 10.6 Å². The number of hydrogen-bond acceptors (Lipinski definition) is 7. The Kier molecular flexibility index (Phi) is 4.92. The van der Waals surface area contributed by atoms with Gasteiger partial charge in [0.1, 0.15) is 17.2 Å². The summed E-state index contributed by atoms with van der Waals surface area (Å²) in [5, 5.41) is 14.7. The van der Waals surface area contributed by atoms with Gasteiger partial charge in [-0.3, -0.25) is 0 Å². The molecule has 0 radical (unpaired) electrons. The lowest BCUT2D eigenvalue weighted by atomic mass is 10.2. The highest BCUT2D eigenvalue weighted by Gasteiger charge is 2.16. The van der Waals surface area contributed by atoms with Crippen molar-refractivity contribution in [2.45, 2.75) is 13.0 Å². The minimum absolute atomic E-state index is 0.521. The Bertz CT molecular complexity index is 1110. The molecule has 0 amide bonds. The zero-order valence-electron chi connectivity index (χ0n) is 14.0. The molecule has 0 bridgehead atoms. The first-order valence-corrected chi connectivity index (χ1v) is 9.57. The van der Waals surface area contributed by atoms with Crippen molar-refractivity contribution in [3.05, 3.63) is 58.6 Å². The summed E-state index contributed by atoms with van der Waals surface area (Å²) in [4.78, 5) is 17.3. The Morgan fingerprint density at radius 1 is 1.11 bits per heavy atom. The van der Waals surface area contributed by atoms with Gasteiger partial charge >= 0.3 is 0 Å². The predicted octanol–water partition coefficient (Wildman–Crippen LogP) is 5.25. The minimum Gasteiger partial charge on any atom is -0.387 e. The predicted molar refractivity (Wildman–Crippen MR) is 109 cm³/mol. The van der Waals surface area contributed by atoms with Crippen LogP contribution in [0.4, 0.5) is 11.6 Å². The molecule has 27 heavy (non-hydrogen) atoms. The fourth-order valence-electron chi connectivity index (χ4n) is 2.54. The molecule has 0 fully saturated rings. The summed E-state index contributed by atoms with van der Waals surface area (Å²) in [6.45, 7) is 1.65. The third-order valence-electron chi connectivity index (χ3n) is 3.84. The third kappa shape index (κ3) is 3.59. The van der Waals surface area contributed by atoms with E-state index in [0.717, 1.165) is 10.2 Å². The number of pyridine rings is 1. The maximum absolute atomic E-state index is 9.70. The number of nitrogens with one attached hydrogen (secondary N) is 1. The highest BCUT2D eigenvalue weighted by atomic mass is 35.5. The first-order chi connectivity index (χ1) is 13.0. The number of aromatic nitrogens is 4. The molecule has 9 heteroatoms. The van der Waals surface area contributed by atoms with Gasteiger partial charge < -0.3 is 10.4 Å². The van der Waals surface area contributed by atoms with Crippen LogP contribution >= 0.6 is 34.5 Å². The van der Waals surface area contributed by atoms with Crippen LogP contribution in [0.5, 0.6) is 0 Å². The van der Waals surface area contributed by atoms with Gasteiger partial charge in [0, 0.05) is 17.8 Å². The Morgan fingerprint density at radius 3 is 2.63 bits per heavy atom. The molecule has 0 spiro atoms.